The topological polar surface area (TPSA) is 113 Å². The van der Waals surface area contributed by atoms with Crippen LogP contribution in [0, 0.1) is 18.3 Å². The SMILES string of the molecule is C#CCNS(=O)(=O)c1cccc(C(=O)NC(CC(C)C)C(=O)O)c1. The molecule has 0 radical (unpaired) electrons. The maximum absolute atomic E-state index is 12.2. The van der Waals surface area contributed by atoms with Crippen molar-refractivity contribution in [2.75, 3.05) is 6.54 Å². The van der Waals surface area contributed by atoms with Gasteiger partial charge in [-0.2, -0.15) is 4.72 Å². The Kier molecular flexibility index (Phi) is 6.95. The van der Waals surface area contributed by atoms with E-state index in [0.29, 0.717) is 0 Å². The zero-order valence-electron chi connectivity index (χ0n) is 13.4. The maximum Gasteiger partial charge on any atom is 0.326 e. The fourth-order valence-corrected chi connectivity index (χ4v) is 2.94. The summed E-state index contributed by atoms with van der Waals surface area (Å²) < 4.78 is 26.2. The Morgan fingerprint density at radius 3 is 2.54 bits per heavy atom. The minimum Gasteiger partial charge on any atom is -0.480 e. The van der Waals surface area contributed by atoms with Crippen LogP contribution >= 0.6 is 0 Å². The Labute approximate surface area is 141 Å². The van der Waals surface area contributed by atoms with Crippen molar-refractivity contribution in [2.24, 2.45) is 5.92 Å². The van der Waals surface area contributed by atoms with E-state index in [1.165, 1.54) is 24.3 Å². The van der Waals surface area contributed by atoms with Gasteiger partial charge in [0.15, 0.2) is 0 Å². The average Bonchev–Trinajstić information content (AvgIpc) is 2.52. The number of carboxylic acid groups (broad SMARTS) is 1. The molecule has 1 unspecified atom stereocenters. The molecule has 0 spiro atoms. The smallest absolute Gasteiger partial charge is 0.326 e. The van der Waals surface area contributed by atoms with Gasteiger partial charge in [-0.1, -0.05) is 25.8 Å². The highest BCUT2D eigenvalue weighted by molar-refractivity contribution is 7.89. The molecule has 0 saturated heterocycles. The van der Waals surface area contributed by atoms with E-state index >= 15 is 0 Å². The highest BCUT2D eigenvalue weighted by Crippen LogP contribution is 2.12. The first-order chi connectivity index (χ1) is 11.2. The molecular weight excluding hydrogens is 332 g/mol. The summed E-state index contributed by atoms with van der Waals surface area (Å²) in [7, 11) is -3.83. The monoisotopic (exact) mass is 352 g/mol. The summed E-state index contributed by atoms with van der Waals surface area (Å²) in [5, 5.41) is 11.6. The van der Waals surface area contributed by atoms with E-state index in [4.69, 9.17) is 11.5 Å². The zero-order chi connectivity index (χ0) is 18.3. The van der Waals surface area contributed by atoms with Crippen LogP contribution in [-0.2, 0) is 14.8 Å². The summed E-state index contributed by atoms with van der Waals surface area (Å²) in [5.41, 5.74) is 0.0496. The fraction of sp³-hybridized carbons (Fsp3) is 0.375. The van der Waals surface area contributed by atoms with Crippen LogP contribution in [0.15, 0.2) is 29.2 Å². The molecule has 1 rings (SSSR count). The summed E-state index contributed by atoms with van der Waals surface area (Å²) in [6.45, 7) is 3.51. The molecule has 7 nitrogen and oxygen atoms in total. The summed E-state index contributed by atoms with van der Waals surface area (Å²) in [4.78, 5) is 23.3. The van der Waals surface area contributed by atoms with Gasteiger partial charge in [0.2, 0.25) is 10.0 Å². The Balaban J connectivity index is 2.98. The second-order valence-electron chi connectivity index (χ2n) is 5.55. The highest BCUT2D eigenvalue weighted by Gasteiger charge is 2.22. The van der Waals surface area contributed by atoms with Gasteiger partial charge in [-0.3, -0.25) is 4.79 Å². The van der Waals surface area contributed by atoms with Gasteiger partial charge in [-0.25, -0.2) is 13.2 Å². The van der Waals surface area contributed by atoms with Gasteiger partial charge >= 0.3 is 5.97 Å². The number of benzene rings is 1. The fourth-order valence-electron chi connectivity index (χ4n) is 1.96. The summed E-state index contributed by atoms with van der Waals surface area (Å²) >= 11 is 0. The van der Waals surface area contributed by atoms with Crippen LogP contribution in [0.3, 0.4) is 0 Å². The van der Waals surface area contributed by atoms with Crippen LogP contribution in [0.4, 0.5) is 0 Å². The molecule has 8 heteroatoms. The molecular formula is C16H20N2O5S. The number of carbonyl (C=O) groups excluding carboxylic acids is 1. The minimum absolute atomic E-state index is 0.0496. The van der Waals surface area contributed by atoms with Crippen molar-refractivity contribution >= 4 is 21.9 Å². The number of carbonyl (C=O) groups is 2. The van der Waals surface area contributed by atoms with Crippen molar-refractivity contribution in [3.8, 4) is 12.3 Å². The average molecular weight is 352 g/mol. The molecule has 0 fully saturated rings. The summed E-state index contributed by atoms with van der Waals surface area (Å²) in [5.74, 6) is 0.430. The molecule has 0 bridgehead atoms. The highest BCUT2D eigenvalue weighted by atomic mass is 32.2. The molecule has 0 aliphatic heterocycles. The first-order valence-electron chi connectivity index (χ1n) is 7.24. The molecule has 130 valence electrons. The number of nitrogens with one attached hydrogen (secondary N) is 2. The molecule has 0 aromatic heterocycles. The molecule has 0 aliphatic rings. The molecule has 24 heavy (non-hydrogen) atoms. The molecule has 1 amide bonds. The van der Waals surface area contributed by atoms with Gasteiger partial charge < -0.3 is 10.4 Å². The van der Waals surface area contributed by atoms with E-state index in [1.54, 1.807) is 0 Å². The molecule has 3 N–H and O–H groups in total. The third-order valence-corrected chi connectivity index (χ3v) is 4.48. The maximum atomic E-state index is 12.2. The van der Waals surface area contributed by atoms with E-state index in [1.807, 2.05) is 13.8 Å². The molecule has 1 aromatic carbocycles. The first kappa shape index (κ1) is 19.7. The van der Waals surface area contributed by atoms with Crippen LogP contribution in [0.5, 0.6) is 0 Å². The molecule has 1 aromatic rings. The lowest BCUT2D eigenvalue weighted by molar-refractivity contribution is -0.139. The van der Waals surface area contributed by atoms with Gasteiger partial charge in [0.1, 0.15) is 6.04 Å². The van der Waals surface area contributed by atoms with Gasteiger partial charge in [0.05, 0.1) is 11.4 Å². The van der Waals surface area contributed by atoms with Crippen LogP contribution in [0.2, 0.25) is 0 Å². The van der Waals surface area contributed by atoms with E-state index in [-0.39, 0.29) is 29.3 Å². The van der Waals surface area contributed by atoms with Crippen LogP contribution < -0.4 is 10.0 Å². The second kappa shape index (κ2) is 8.47. The van der Waals surface area contributed by atoms with Gasteiger partial charge in [0.25, 0.3) is 5.91 Å². The van der Waals surface area contributed by atoms with Crippen molar-refractivity contribution in [1.82, 2.24) is 10.0 Å². The lowest BCUT2D eigenvalue weighted by atomic mass is 10.0. The second-order valence-corrected chi connectivity index (χ2v) is 7.32. The number of aliphatic carboxylic acids is 1. The zero-order valence-corrected chi connectivity index (χ0v) is 14.3. The first-order valence-corrected chi connectivity index (χ1v) is 8.72. The predicted molar refractivity (Wildman–Crippen MR) is 88.8 cm³/mol. The minimum atomic E-state index is -3.83. The van der Waals surface area contributed by atoms with Crippen LogP contribution in [0.25, 0.3) is 0 Å². The molecule has 0 aliphatic carbocycles. The number of hydrogen-bond donors (Lipinski definition) is 3. The standard InChI is InChI=1S/C16H20N2O5S/c1-4-8-17-24(22,23)13-7-5-6-12(10-13)15(19)18-14(16(20)21)9-11(2)3/h1,5-7,10-11,14,17H,8-9H2,2-3H3,(H,18,19)(H,20,21). The number of rotatable bonds is 8. The van der Waals surface area contributed by atoms with E-state index in [9.17, 15) is 18.0 Å². The van der Waals surface area contributed by atoms with Crippen molar-refractivity contribution in [2.45, 2.75) is 31.2 Å². The lowest BCUT2D eigenvalue weighted by Crippen LogP contribution is -2.41. The Hall–Kier alpha value is -2.37. The normalized spacial score (nSPS) is 12.4. The van der Waals surface area contributed by atoms with Crippen molar-refractivity contribution < 1.29 is 23.1 Å². The van der Waals surface area contributed by atoms with Crippen molar-refractivity contribution in [3.05, 3.63) is 29.8 Å². The number of sulfonamides is 1. The van der Waals surface area contributed by atoms with E-state index in [0.717, 1.165) is 0 Å². The summed E-state index contributed by atoms with van der Waals surface area (Å²) in [6, 6.07) is 4.25. The number of carboxylic acids is 1. The quantitative estimate of drug-likeness (QED) is 0.600. The van der Waals surface area contributed by atoms with Crippen LogP contribution in [0.1, 0.15) is 30.6 Å². The van der Waals surface area contributed by atoms with E-state index in [2.05, 4.69) is 16.0 Å². The van der Waals surface area contributed by atoms with E-state index < -0.39 is 27.9 Å². The van der Waals surface area contributed by atoms with Crippen molar-refractivity contribution in [1.29, 1.82) is 0 Å². The predicted octanol–water partition coefficient (Wildman–Crippen LogP) is 0.827. The number of amides is 1. The third kappa shape index (κ3) is 5.68. The van der Waals surface area contributed by atoms with Crippen LogP contribution in [-0.4, -0.2) is 38.0 Å². The largest absolute Gasteiger partial charge is 0.480 e. The molecule has 0 heterocycles. The van der Waals surface area contributed by atoms with Gasteiger partial charge in [-0.15, -0.1) is 6.42 Å². The lowest BCUT2D eigenvalue weighted by Gasteiger charge is -2.16. The Bertz CT molecular complexity index is 750. The molecule has 1 atom stereocenters. The number of terminal acetylenes is 1. The third-order valence-electron chi connectivity index (χ3n) is 3.08. The van der Waals surface area contributed by atoms with Gasteiger partial charge in [-0.05, 0) is 30.5 Å². The summed E-state index contributed by atoms with van der Waals surface area (Å²) in [6.07, 6.45) is 5.28. The Morgan fingerprint density at radius 2 is 2.00 bits per heavy atom. The number of hydrogen-bond acceptors (Lipinski definition) is 4. The Morgan fingerprint density at radius 1 is 1.33 bits per heavy atom. The molecule has 0 saturated carbocycles. The van der Waals surface area contributed by atoms with Gasteiger partial charge in [0, 0.05) is 5.56 Å². The van der Waals surface area contributed by atoms with Crippen molar-refractivity contribution in [3.63, 3.8) is 0 Å².